The summed E-state index contributed by atoms with van der Waals surface area (Å²) in [7, 11) is 0. The van der Waals surface area contributed by atoms with Crippen LogP contribution in [0.2, 0.25) is 0 Å². The average molecular weight is 381 g/mol. The lowest BCUT2D eigenvalue weighted by Crippen LogP contribution is -2.33. The summed E-state index contributed by atoms with van der Waals surface area (Å²) in [5, 5.41) is 12.5. The molecule has 0 atom stereocenters. The number of benzene rings is 1. The number of rotatable bonds is 3. The second-order valence-electron chi connectivity index (χ2n) is 7.05. The minimum atomic E-state index is -1.35. The first-order valence-corrected chi connectivity index (χ1v) is 8.92. The Kier molecular flexibility index (Phi) is 3.78. The fourth-order valence-electron chi connectivity index (χ4n) is 3.71. The van der Waals surface area contributed by atoms with Crippen LogP contribution in [0, 0.1) is 5.82 Å². The molecule has 1 aromatic carbocycles. The molecule has 5 rings (SSSR count). The number of aromatic nitrogens is 2. The van der Waals surface area contributed by atoms with Gasteiger partial charge in [0.2, 0.25) is 5.43 Å². The predicted molar refractivity (Wildman–Crippen MR) is 98.8 cm³/mol. The zero-order chi connectivity index (χ0) is 19.4. The summed E-state index contributed by atoms with van der Waals surface area (Å²) in [5.74, 6) is -2.01. The van der Waals surface area contributed by atoms with E-state index in [1.807, 2.05) is 18.2 Å². The zero-order valence-corrected chi connectivity index (χ0v) is 14.7. The Hall–Kier alpha value is -3.10. The van der Waals surface area contributed by atoms with Gasteiger partial charge in [0.05, 0.1) is 24.6 Å². The van der Waals surface area contributed by atoms with E-state index in [-0.39, 0.29) is 22.8 Å². The van der Waals surface area contributed by atoms with Gasteiger partial charge >= 0.3 is 5.97 Å². The highest BCUT2D eigenvalue weighted by molar-refractivity contribution is 5.92. The van der Waals surface area contributed by atoms with Gasteiger partial charge in [0.25, 0.3) is 0 Å². The van der Waals surface area contributed by atoms with Gasteiger partial charge in [-0.05, 0) is 23.3 Å². The highest BCUT2D eigenvalue weighted by atomic mass is 19.1. The first-order chi connectivity index (χ1) is 13.5. The van der Waals surface area contributed by atoms with E-state index in [4.69, 9.17) is 4.74 Å². The molecule has 142 valence electrons. The fourth-order valence-corrected chi connectivity index (χ4v) is 3.71. The van der Waals surface area contributed by atoms with Gasteiger partial charge in [-0.3, -0.25) is 4.79 Å². The summed E-state index contributed by atoms with van der Waals surface area (Å²) in [6.07, 6.45) is 1.28. The molecule has 0 bridgehead atoms. The standard InChI is InChI=1S/C20H16FN3O4/c21-16-4-14-18(25)15(20(26)27)7-24(13-8-28-9-13)19(14)23-17(16)10-1-2-11-5-22-6-12(11)3-10/h1-4,7,13,22H,5-6,8-9H2,(H,26,27). The van der Waals surface area contributed by atoms with Crippen LogP contribution in [0.5, 0.6) is 0 Å². The van der Waals surface area contributed by atoms with E-state index in [2.05, 4.69) is 10.3 Å². The third-order valence-electron chi connectivity index (χ3n) is 5.31. The Morgan fingerprint density at radius 2 is 2.04 bits per heavy atom. The molecule has 1 saturated heterocycles. The number of ether oxygens (including phenoxy) is 1. The van der Waals surface area contributed by atoms with Crippen LogP contribution in [0.25, 0.3) is 22.3 Å². The quantitative estimate of drug-likeness (QED) is 0.722. The highest BCUT2D eigenvalue weighted by Crippen LogP contribution is 2.29. The molecular weight excluding hydrogens is 365 g/mol. The minimum Gasteiger partial charge on any atom is -0.477 e. The Morgan fingerprint density at radius 3 is 2.75 bits per heavy atom. The van der Waals surface area contributed by atoms with E-state index in [0.29, 0.717) is 25.3 Å². The maximum Gasteiger partial charge on any atom is 0.341 e. The minimum absolute atomic E-state index is 0.0455. The van der Waals surface area contributed by atoms with Gasteiger partial charge in [-0.15, -0.1) is 0 Å². The van der Waals surface area contributed by atoms with Crippen molar-refractivity contribution in [3.8, 4) is 11.3 Å². The normalized spacial score (nSPS) is 16.2. The molecule has 0 unspecified atom stereocenters. The van der Waals surface area contributed by atoms with Gasteiger partial charge < -0.3 is 19.7 Å². The van der Waals surface area contributed by atoms with E-state index in [9.17, 15) is 19.1 Å². The summed E-state index contributed by atoms with van der Waals surface area (Å²) in [6.45, 7) is 2.26. The number of halogens is 1. The van der Waals surface area contributed by atoms with Crippen molar-refractivity contribution in [2.24, 2.45) is 0 Å². The number of carboxylic acid groups (broad SMARTS) is 1. The molecule has 2 N–H and O–H groups in total. The molecule has 2 aliphatic rings. The van der Waals surface area contributed by atoms with Crippen molar-refractivity contribution in [3.05, 3.63) is 63.2 Å². The lowest BCUT2D eigenvalue weighted by Gasteiger charge is -2.29. The summed E-state index contributed by atoms with van der Waals surface area (Å²) < 4.78 is 21.7. The highest BCUT2D eigenvalue weighted by Gasteiger charge is 2.26. The summed E-state index contributed by atoms with van der Waals surface area (Å²) in [5.41, 5.74) is 2.13. The van der Waals surface area contributed by atoms with Gasteiger partial charge in [0.15, 0.2) is 0 Å². The van der Waals surface area contributed by atoms with Crippen LogP contribution in [0.15, 0.2) is 35.3 Å². The second-order valence-corrected chi connectivity index (χ2v) is 7.05. The first kappa shape index (κ1) is 17.0. The van der Waals surface area contributed by atoms with Gasteiger partial charge in [-0.25, -0.2) is 14.2 Å². The van der Waals surface area contributed by atoms with Gasteiger partial charge in [-0.1, -0.05) is 12.1 Å². The van der Waals surface area contributed by atoms with Crippen LogP contribution >= 0.6 is 0 Å². The molecule has 0 aliphatic carbocycles. The molecule has 0 spiro atoms. The number of carbonyl (C=O) groups is 1. The number of pyridine rings is 2. The molecule has 3 aromatic rings. The Balaban J connectivity index is 1.76. The Morgan fingerprint density at radius 1 is 1.25 bits per heavy atom. The smallest absolute Gasteiger partial charge is 0.341 e. The molecule has 7 nitrogen and oxygen atoms in total. The fraction of sp³-hybridized carbons (Fsp3) is 0.250. The molecule has 0 saturated carbocycles. The SMILES string of the molecule is O=C(O)c1cn(C2COC2)c2nc(-c3ccc4c(c3)CNC4)c(F)cc2c1=O. The lowest BCUT2D eigenvalue weighted by atomic mass is 10.0. The molecule has 1 fully saturated rings. The van der Waals surface area contributed by atoms with Crippen molar-refractivity contribution < 1.29 is 19.0 Å². The molecule has 2 aromatic heterocycles. The maximum absolute atomic E-state index is 14.9. The summed E-state index contributed by atoms with van der Waals surface area (Å²) >= 11 is 0. The van der Waals surface area contributed by atoms with E-state index in [1.54, 1.807) is 4.57 Å². The van der Waals surface area contributed by atoms with Crippen molar-refractivity contribution in [1.82, 2.24) is 14.9 Å². The Labute approximate surface area is 158 Å². The third kappa shape index (κ3) is 2.53. The van der Waals surface area contributed by atoms with E-state index < -0.39 is 22.8 Å². The number of nitrogens with one attached hydrogen (secondary N) is 1. The monoisotopic (exact) mass is 381 g/mol. The van der Waals surface area contributed by atoms with Crippen molar-refractivity contribution >= 4 is 17.0 Å². The predicted octanol–water partition coefficient (Wildman–Crippen LogP) is 2.08. The van der Waals surface area contributed by atoms with Crippen molar-refractivity contribution in [2.45, 2.75) is 19.1 Å². The van der Waals surface area contributed by atoms with Gasteiger partial charge in [0.1, 0.15) is 22.7 Å². The number of hydrogen-bond donors (Lipinski definition) is 2. The zero-order valence-electron chi connectivity index (χ0n) is 14.7. The third-order valence-corrected chi connectivity index (χ3v) is 5.31. The van der Waals surface area contributed by atoms with Crippen LogP contribution in [0.4, 0.5) is 4.39 Å². The molecule has 8 heteroatoms. The summed E-state index contributed by atoms with van der Waals surface area (Å²) in [6, 6.07) is 6.59. The second kappa shape index (κ2) is 6.22. The average Bonchev–Trinajstić information content (AvgIpc) is 3.09. The number of hydrogen-bond acceptors (Lipinski definition) is 5. The van der Waals surface area contributed by atoms with Gasteiger partial charge in [0, 0.05) is 24.8 Å². The van der Waals surface area contributed by atoms with Crippen LogP contribution in [-0.4, -0.2) is 33.8 Å². The largest absolute Gasteiger partial charge is 0.477 e. The molecule has 0 radical (unpaired) electrons. The van der Waals surface area contributed by atoms with E-state index >= 15 is 0 Å². The number of aromatic carboxylic acids is 1. The van der Waals surface area contributed by atoms with Crippen molar-refractivity contribution in [3.63, 3.8) is 0 Å². The molecule has 4 heterocycles. The molecule has 28 heavy (non-hydrogen) atoms. The van der Waals surface area contributed by atoms with Crippen LogP contribution in [0.1, 0.15) is 27.5 Å². The first-order valence-electron chi connectivity index (χ1n) is 8.92. The van der Waals surface area contributed by atoms with E-state index in [1.165, 1.54) is 11.8 Å². The topological polar surface area (TPSA) is 93.4 Å². The maximum atomic E-state index is 14.9. The molecule has 2 aliphatic heterocycles. The van der Waals surface area contributed by atoms with Crippen LogP contribution < -0.4 is 10.7 Å². The molecule has 0 amide bonds. The van der Waals surface area contributed by atoms with Crippen molar-refractivity contribution in [2.75, 3.05) is 13.2 Å². The number of nitrogens with zero attached hydrogens (tertiary/aromatic N) is 2. The number of fused-ring (bicyclic) bond motifs is 2. The lowest BCUT2D eigenvalue weighted by molar-refractivity contribution is -0.0219. The van der Waals surface area contributed by atoms with Crippen molar-refractivity contribution in [1.29, 1.82) is 0 Å². The molecular formula is C20H16FN3O4. The number of carboxylic acids is 1. The van der Waals surface area contributed by atoms with Crippen LogP contribution in [0.3, 0.4) is 0 Å². The van der Waals surface area contributed by atoms with Crippen LogP contribution in [-0.2, 0) is 17.8 Å². The van der Waals surface area contributed by atoms with Gasteiger partial charge in [-0.2, -0.15) is 0 Å². The summed E-state index contributed by atoms with van der Waals surface area (Å²) in [4.78, 5) is 28.5. The van der Waals surface area contributed by atoms with E-state index in [0.717, 1.165) is 18.2 Å². The Bertz CT molecular complexity index is 1200.